The van der Waals surface area contributed by atoms with Crippen molar-refractivity contribution in [3.8, 4) is 22.3 Å². The molecule has 8 nitrogen and oxygen atoms in total. The number of hydrogen-bond donors (Lipinski definition) is 1. The van der Waals surface area contributed by atoms with Crippen LogP contribution in [0.4, 0.5) is 13.2 Å². The molecule has 12 heteroatoms. The molecule has 0 atom stereocenters. The van der Waals surface area contributed by atoms with Gasteiger partial charge in [-0.3, -0.25) is 9.89 Å². The highest BCUT2D eigenvalue weighted by Gasteiger charge is 2.33. The molecule has 4 rings (SSSR count). The van der Waals surface area contributed by atoms with Crippen LogP contribution in [0.3, 0.4) is 0 Å². The second-order valence-corrected chi connectivity index (χ2v) is 8.41. The molecular weight excluding hydrogens is 443 g/mol. The monoisotopic (exact) mass is 463 g/mol. The SMILES string of the molecule is CN(C)CCN(CC(F)(F)F)C(=O)c1cc(-c2cnn3cc(-c4cn[nH]c4)cnc23)cs1. The van der Waals surface area contributed by atoms with Crippen molar-refractivity contribution in [2.75, 3.05) is 33.7 Å². The van der Waals surface area contributed by atoms with Crippen molar-refractivity contribution in [1.29, 1.82) is 0 Å². The molecule has 1 N–H and O–H groups in total. The number of H-pyrrole nitrogens is 1. The Morgan fingerprint density at radius 1 is 1.16 bits per heavy atom. The number of aromatic nitrogens is 5. The maximum atomic E-state index is 13.0. The van der Waals surface area contributed by atoms with Crippen LogP contribution in [-0.2, 0) is 0 Å². The molecule has 0 unspecified atom stereocenters. The third-order valence-electron chi connectivity index (χ3n) is 4.78. The Balaban J connectivity index is 1.59. The van der Waals surface area contributed by atoms with Crippen molar-refractivity contribution in [1.82, 2.24) is 34.6 Å². The van der Waals surface area contributed by atoms with Crippen LogP contribution in [0.5, 0.6) is 0 Å². The zero-order valence-corrected chi connectivity index (χ0v) is 18.1. The molecule has 0 aliphatic rings. The first-order valence-electron chi connectivity index (χ1n) is 9.63. The van der Waals surface area contributed by atoms with Gasteiger partial charge in [-0.2, -0.15) is 23.4 Å². The molecule has 0 saturated heterocycles. The van der Waals surface area contributed by atoms with Gasteiger partial charge >= 0.3 is 6.18 Å². The predicted molar refractivity (Wildman–Crippen MR) is 114 cm³/mol. The van der Waals surface area contributed by atoms with E-state index in [0.29, 0.717) is 23.3 Å². The number of nitrogens with one attached hydrogen (secondary N) is 1. The van der Waals surface area contributed by atoms with Crippen molar-refractivity contribution in [3.63, 3.8) is 0 Å². The first-order valence-corrected chi connectivity index (χ1v) is 10.5. The number of likely N-dealkylation sites (N-methyl/N-ethyl adjacent to an activating group) is 1. The van der Waals surface area contributed by atoms with Gasteiger partial charge in [0.25, 0.3) is 5.91 Å². The van der Waals surface area contributed by atoms with Gasteiger partial charge in [0.1, 0.15) is 6.54 Å². The van der Waals surface area contributed by atoms with Crippen LogP contribution in [0.1, 0.15) is 9.67 Å². The third-order valence-corrected chi connectivity index (χ3v) is 5.70. The molecule has 4 aromatic heterocycles. The number of nitrogens with zero attached hydrogens (tertiary/aromatic N) is 6. The lowest BCUT2D eigenvalue weighted by atomic mass is 10.1. The second kappa shape index (κ2) is 8.71. The summed E-state index contributed by atoms with van der Waals surface area (Å²) >= 11 is 1.10. The van der Waals surface area contributed by atoms with Gasteiger partial charge in [0.15, 0.2) is 5.65 Å². The van der Waals surface area contributed by atoms with Crippen LogP contribution in [0, 0.1) is 0 Å². The normalized spacial score (nSPS) is 12.1. The van der Waals surface area contributed by atoms with Gasteiger partial charge < -0.3 is 9.80 Å². The van der Waals surface area contributed by atoms with Gasteiger partial charge in [-0.15, -0.1) is 11.3 Å². The molecule has 0 aromatic carbocycles. The van der Waals surface area contributed by atoms with Crippen molar-refractivity contribution in [3.05, 3.63) is 47.3 Å². The summed E-state index contributed by atoms with van der Waals surface area (Å²) < 4.78 is 40.7. The van der Waals surface area contributed by atoms with Crippen molar-refractivity contribution in [2.45, 2.75) is 6.18 Å². The van der Waals surface area contributed by atoms with Gasteiger partial charge in [0.05, 0.1) is 17.3 Å². The van der Waals surface area contributed by atoms with E-state index in [1.807, 2.05) is 0 Å². The van der Waals surface area contributed by atoms with Gasteiger partial charge in [0, 0.05) is 48.4 Å². The molecule has 0 radical (unpaired) electrons. The van der Waals surface area contributed by atoms with E-state index in [2.05, 4.69) is 20.3 Å². The van der Waals surface area contributed by atoms with Crippen LogP contribution >= 0.6 is 11.3 Å². The summed E-state index contributed by atoms with van der Waals surface area (Å²) in [6.45, 7) is -0.980. The van der Waals surface area contributed by atoms with E-state index >= 15 is 0 Å². The fourth-order valence-corrected chi connectivity index (χ4v) is 4.05. The minimum atomic E-state index is -4.47. The maximum absolute atomic E-state index is 13.0. The number of carbonyl (C=O) groups excluding carboxylic acids is 1. The summed E-state index contributed by atoms with van der Waals surface area (Å²) in [6, 6.07) is 1.59. The molecule has 168 valence electrons. The van der Waals surface area contributed by atoms with Gasteiger partial charge in [0.2, 0.25) is 0 Å². The summed E-state index contributed by atoms with van der Waals surface area (Å²) in [5, 5.41) is 12.7. The lowest BCUT2D eigenvalue weighted by Crippen LogP contribution is -2.42. The Morgan fingerprint density at radius 2 is 1.97 bits per heavy atom. The lowest BCUT2D eigenvalue weighted by Gasteiger charge is -2.25. The largest absolute Gasteiger partial charge is 0.406 e. The number of aromatic amines is 1. The predicted octanol–water partition coefficient (Wildman–Crippen LogP) is 3.41. The van der Waals surface area contributed by atoms with Gasteiger partial charge in [-0.25, -0.2) is 9.50 Å². The molecule has 0 saturated carbocycles. The van der Waals surface area contributed by atoms with E-state index in [0.717, 1.165) is 27.4 Å². The quantitative estimate of drug-likeness (QED) is 0.454. The summed E-state index contributed by atoms with van der Waals surface area (Å²) in [6.07, 6.45) is 4.07. The number of hydrogen-bond acceptors (Lipinski definition) is 6. The number of carbonyl (C=O) groups is 1. The van der Waals surface area contributed by atoms with Crippen molar-refractivity contribution < 1.29 is 18.0 Å². The number of amides is 1. The first kappa shape index (κ1) is 22.0. The summed E-state index contributed by atoms with van der Waals surface area (Å²) in [7, 11) is 3.49. The average molecular weight is 463 g/mol. The van der Waals surface area contributed by atoms with E-state index < -0.39 is 18.6 Å². The van der Waals surface area contributed by atoms with Crippen LogP contribution < -0.4 is 0 Å². The van der Waals surface area contributed by atoms with E-state index in [4.69, 9.17) is 0 Å². The number of fused-ring (bicyclic) bond motifs is 1. The Labute approximate surface area is 185 Å². The lowest BCUT2D eigenvalue weighted by molar-refractivity contribution is -0.140. The zero-order chi connectivity index (χ0) is 22.9. The topological polar surface area (TPSA) is 82.4 Å². The maximum Gasteiger partial charge on any atom is 0.406 e. The molecule has 32 heavy (non-hydrogen) atoms. The van der Waals surface area contributed by atoms with E-state index in [1.165, 1.54) is 0 Å². The standard InChI is InChI=1S/C20H20F3N7OS/c1-28(2)3-4-29(12-20(21,22)23)19(31)17-5-13(11-32-17)16-9-27-30-10-15(6-24-18(16)30)14-7-25-26-8-14/h5-11H,3-4,12H2,1-2H3,(H,25,26). The number of thiophene rings is 1. The first-order chi connectivity index (χ1) is 15.2. The highest BCUT2D eigenvalue weighted by molar-refractivity contribution is 7.12. The summed E-state index contributed by atoms with van der Waals surface area (Å²) in [5.41, 5.74) is 3.63. The zero-order valence-electron chi connectivity index (χ0n) is 17.3. The Bertz CT molecular complexity index is 1210. The van der Waals surface area contributed by atoms with Gasteiger partial charge in [-0.05, 0) is 31.1 Å². The Hall–Kier alpha value is -3.25. The average Bonchev–Trinajstić information content (AvgIpc) is 3.49. The number of halogens is 3. The molecule has 4 aromatic rings. The summed E-state index contributed by atoms with van der Waals surface area (Å²) in [4.78, 5) is 20.1. The molecule has 1 amide bonds. The molecule has 0 fully saturated rings. The number of alkyl halides is 3. The fraction of sp³-hybridized carbons (Fsp3) is 0.300. The van der Waals surface area contributed by atoms with E-state index in [1.54, 1.807) is 65.9 Å². The minimum Gasteiger partial charge on any atom is -0.328 e. The third kappa shape index (κ3) is 4.81. The van der Waals surface area contributed by atoms with Crippen LogP contribution in [-0.4, -0.2) is 80.4 Å². The van der Waals surface area contributed by atoms with Gasteiger partial charge in [-0.1, -0.05) is 0 Å². The van der Waals surface area contributed by atoms with Crippen LogP contribution in [0.2, 0.25) is 0 Å². The van der Waals surface area contributed by atoms with Crippen LogP contribution in [0.15, 0.2) is 42.4 Å². The molecule has 0 aliphatic heterocycles. The second-order valence-electron chi connectivity index (χ2n) is 7.50. The molecule has 4 heterocycles. The number of rotatable bonds is 7. The Morgan fingerprint density at radius 3 is 2.66 bits per heavy atom. The fourth-order valence-electron chi connectivity index (χ4n) is 3.17. The van der Waals surface area contributed by atoms with Crippen molar-refractivity contribution in [2.24, 2.45) is 0 Å². The van der Waals surface area contributed by atoms with E-state index in [-0.39, 0.29) is 11.4 Å². The Kier molecular flexibility index (Phi) is 5.98. The smallest absolute Gasteiger partial charge is 0.328 e. The highest BCUT2D eigenvalue weighted by atomic mass is 32.1. The minimum absolute atomic E-state index is 0.0202. The summed E-state index contributed by atoms with van der Waals surface area (Å²) in [5.74, 6) is -0.646. The molecule has 0 aliphatic carbocycles. The van der Waals surface area contributed by atoms with Crippen LogP contribution in [0.25, 0.3) is 27.9 Å². The molecule has 0 bridgehead atoms. The van der Waals surface area contributed by atoms with Crippen molar-refractivity contribution >= 4 is 22.9 Å². The molecular formula is C20H20F3N7OS. The molecule has 0 spiro atoms. The highest BCUT2D eigenvalue weighted by Crippen LogP contribution is 2.30. The van der Waals surface area contributed by atoms with E-state index in [9.17, 15) is 18.0 Å².